The summed E-state index contributed by atoms with van der Waals surface area (Å²) in [5.74, 6) is 1.68. The van der Waals surface area contributed by atoms with E-state index in [9.17, 15) is 0 Å². The number of rotatable bonds is 6. The second kappa shape index (κ2) is 10.7. The lowest BCUT2D eigenvalue weighted by Gasteiger charge is -2.15. The zero-order valence-electron chi connectivity index (χ0n) is 13.3. The molecule has 2 N–H and O–H groups in total. The summed E-state index contributed by atoms with van der Waals surface area (Å²) < 4.78 is 11.2. The van der Waals surface area contributed by atoms with Gasteiger partial charge in [0.1, 0.15) is 12.4 Å². The molecule has 0 spiro atoms. The van der Waals surface area contributed by atoms with Gasteiger partial charge in [0.15, 0.2) is 5.96 Å². The molecule has 5 nitrogen and oxygen atoms in total. The topological polar surface area (TPSA) is 54.9 Å². The van der Waals surface area contributed by atoms with Crippen LogP contribution in [0.3, 0.4) is 0 Å². The van der Waals surface area contributed by atoms with Crippen LogP contribution < -0.4 is 15.4 Å². The van der Waals surface area contributed by atoms with Crippen LogP contribution in [0.2, 0.25) is 0 Å². The van der Waals surface area contributed by atoms with E-state index in [0.29, 0.717) is 19.3 Å². The van der Waals surface area contributed by atoms with Gasteiger partial charge in [-0.1, -0.05) is 17.7 Å². The van der Waals surface area contributed by atoms with Gasteiger partial charge in [-0.2, -0.15) is 0 Å². The Labute approximate surface area is 149 Å². The Morgan fingerprint density at radius 2 is 2.09 bits per heavy atom. The fourth-order valence-electron chi connectivity index (χ4n) is 2.21. The molecule has 124 valence electrons. The van der Waals surface area contributed by atoms with Crippen molar-refractivity contribution in [3.63, 3.8) is 0 Å². The summed E-state index contributed by atoms with van der Waals surface area (Å²) in [6, 6.07) is 8.06. The molecule has 0 saturated carbocycles. The molecular weight excluding hydrogens is 393 g/mol. The Hall–Kier alpha value is -1.02. The average molecular weight is 419 g/mol. The number of ether oxygens (including phenoxy) is 2. The summed E-state index contributed by atoms with van der Waals surface area (Å²) in [4.78, 5) is 4.19. The van der Waals surface area contributed by atoms with Crippen LogP contribution in [0.4, 0.5) is 0 Å². The Kier molecular flexibility index (Phi) is 9.22. The minimum atomic E-state index is 0. The van der Waals surface area contributed by atoms with E-state index in [2.05, 4.69) is 22.5 Å². The van der Waals surface area contributed by atoms with E-state index in [4.69, 9.17) is 9.47 Å². The number of halogens is 1. The molecule has 0 amide bonds. The number of hydrogen-bond acceptors (Lipinski definition) is 3. The van der Waals surface area contributed by atoms with E-state index in [1.54, 1.807) is 7.05 Å². The quantitative estimate of drug-likeness (QED) is 0.322. The summed E-state index contributed by atoms with van der Waals surface area (Å²) in [6.07, 6.45) is 2.59. The summed E-state index contributed by atoms with van der Waals surface area (Å²) in [5.41, 5.74) is 1.24. The van der Waals surface area contributed by atoms with Crippen LogP contribution in [0, 0.1) is 6.92 Å². The molecule has 0 radical (unpaired) electrons. The maximum absolute atomic E-state index is 5.66. The first-order valence-corrected chi connectivity index (χ1v) is 7.53. The molecule has 0 aliphatic carbocycles. The zero-order chi connectivity index (χ0) is 14.9. The van der Waals surface area contributed by atoms with Crippen LogP contribution in [0.5, 0.6) is 5.75 Å². The first kappa shape index (κ1) is 19.0. The number of guanidine groups is 1. The molecule has 2 rings (SSSR count). The summed E-state index contributed by atoms with van der Waals surface area (Å²) in [7, 11) is 1.77. The van der Waals surface area contributed by atoms with E-state index in [0.717, 1.165) is 37.7 Å². The first-order chi connectivity index (χ1) is 10.3. The van der Waals surface area contributed by atoms with Crippen LogP contribution in [0.15, 0.2) is 29.3 Å². The van der Waals surface area contributed by atoms with Crippen molar-refractivity contribution in [1.82, 2.24) is 10.6 Å². The minimum Gasteiger partial charge on any atom is -0.492 e. The van der Waals surface area contributed by atoms with Gasteiger partial charge in [-0.05, 0) is 31.9 Å². The number of nitrogens with one attached hydrogen (secondary N) is 2. The van der Waals surface area contributed by atoms with Gasteiger partial charge in [-0.3, -0.25) is 4.99 Å². The molecule has 1 unspecified atom stereocenters. The van der Waals surface area contributed by atoms with Gasteiger partial charge in [-0.15, -0.1) is 24.0 Å². The first-order valence-electron chi connectivity index (χ1n) is 7.53. The molecule has 1 aromatic rings. The van der Waals surface area contributed by atoms with Crippen molar-refractivity contribution in [1.29, 1.82) is 0 Å². The minimum absolute atomic E-state index is 0. The van der Waals surface area contributed by atoms with Gasteiger partial charge in [0.05, 0.1) is 12.6 Å². The number of aryl methyl sites for hydroxylation is 1. The summed E-state index contributed by atoms with van der Waals surface area (Å²) in [5, 5.41) is 6.51. The maximum Gasteiger partial charge on any atom is 0.191 e. The van der Waals surface area contributed by atoms with Crippen LogP contribution >= 0.6 is 24.0 Å². The molecule has 1 heterocycles. The van der Waals surface area contributed by atoms with E-state index < -0.39 is 0 Å². The Morgan fingerprint density at radius 3 is 2.73 bits per heavy atom. The second-order valence-corrected chi connectivity index (χ2v) is 5.18. The highest BCUT2D eigenvalue weighted by molar-refractivity contribution is 14.0. The summed E-state index contributed by atoms with van der Waals surface area (Å²) in [6.45, 7) is 5.05. The van der Waals surface area contributed by atoms with Gasteiger partial charge < -0.3 is 20.1 Å². The molecule has 22 heavy (non-hydrogen) atoms. The smallest absolute Gasteiger partial charge is 0.191 e. The monoisotopic (exact) mass is 419 g/mol. The van der Waals surface area contributed by atoms with Crippen molar-refractivity contribution in [3.05, 3.63) is 29.8 Å². The highest BCUT2D eigenvalue weighted by Crippen LogP contribution is 2.11. The SMILES string of the molecule is CN=C(NCCOc1ccc(C)cc1)NCC1CCCO1.I. The molecule has 1 aliphatic heterocycles. The molecule has 1 aromatic carbocycles. The molecule has 1 fully saturated rings. The lowest BCUT2D eigenvalue weighted by molar-refractivity contribution is 0.114. The highest BCUT2D eigenvalue weighted by atomic mass is 127. The van der Waals surface area contributed by atoms with Gasteiger partial charge >= 0.3 is 0 Å². The van der Waals surface area contributed by atoms with E-state index in [-0.39, 0.29) is 24.0 Å². The average Bonchev–Trinajstić information content (AvgIpc) is 3.02. The zero-order valence-corrected chi connectivity index (χ0v) is 15.6. The number of nitrogens with zero attached hydrogens (tertiary/aromatic N) is 1. The predicted molar refractivity (Wildman–Crippen MR) is 100 cm³/mol. The van der Waals surface area contributed by atoms with Crippen LogP contribution in [-0.2, 0) is 4.74 Å². The van der Waals surface area contributed by atoms with Gasteiger partial charge in [0, 0.05) is 20.2 Å². The van der Waals surface area contributed by atoms with Crippen molar-refractivity contribution in [2.24, 2.45) is 4.99 Å². The normalized spacial score (nSPS) is 17.7. The van der Waals surface area contributed by atoms with Crippen molar-refractivity contribution in [2.45, 2.75) is 25.9 Å². The van der Waals surface area contributed by atoms with Crippen LogP contribution in [-0.4, -0.2) is 45.4 Å². The van der Waals surface area contributed by atoms with Gasteiger partial charge in [0.2, 0.25) is 0 Å². The molecule has 1 saturated heterocycles. The van der Waals surface area contributed by atoms with Crippen molar-refractivity contribution in [3.8, 4) is 5.75 Å². The van der Waals surface area contributed by atoms with E-state index in [1.165, 1.54) is 5.56 Å². The lowest BCUT2D eigenvalue weighted by Crippen LogP contribution is -2.42. The van der Waals surface area contributed by atoms with E-state index >= 15 is 0 Å². The number of hydrogen-bond donors (Lipinski definition) is 2. The predicted octanol–water partition coefficient (Wildman–Crippen LogP) is 2.34. The Bertz CT molecular complexity index is 445. The molecule has 6 heteroatoms. The van der Waals surface area contributed by atoms with Crippen LogP contribution in [0.25, 0.3) is 0 Å². The third kappa shape index (κ3) is 6.83. The largest absolute Gasteiger partial charge is 0.492 e. The molecule has 1 atom stereocenters. The third-order valence-corrected chi connectivity index (χ3v) is 3.43. The number of benzene rings is 1. The van der Waals surface area contributed by atoms with Gasteiger partial charge in [0.25, 0.3) is 0 Å². The standard InChI is InChI=1S/C16H25N3O2.HI/c1-13-5-7-14(8-6-13)21-11-9-18-16(17-2)19-12-15-4-3-10-20-15;/h5-8,15H,3-4,9-12H2,1-2H3,(H2,17,18,19);1H. The van der Waals surface area contributed by atoms with Gasteiger partial charge in [-0.25, -0.2) is 0 Å². The second-order valence-electron chi connectivity index (χ2n) is 5.18. The fraction of sp³-hybridized carbons (Fsp3) is 0.562. The highest BCUT2D eigenvalue weighted by Gasteiger charge is 2.15. The molecule has 1 aliphatic rings. The molecule has 0 bridgehead atoms. The van der Waals surface area contributed by atoms with Crippen molar-refractivity contribution >= 4 is 29.9 Å². The molecule has 0 aromatic heterocycles. The van der Waals surface area contributed by atoms with Crippen molar-refractivity contribution in [2.75, 3.05) is 33.4 Å². The third-order valence-electron chi connectivity index (χ3n) is 3.43. The van der Waals surface area contributed by atoms with Crippen molar-refractivity contribution < 1.29 is 9.47 Å². The Balaban J connectivity index is 0.00000242. The fourth-order valence-corrected chi connectivity index (χ4v) is 2.21. The maximum atomic E-state index is 5.66. The summed E-state index contributed by atoms with van der Waals surface area (Å²) >= 11 is 0. The number of aliphatic imine (C=N–C) groups is 1. The lowest BCUT2D eigenvalue weighted by atomic mass is 10.2. The van der Waals surface area contributed by atoms with Crippen LogP contribution in [0.1, 0.15) is 18.4 Å². The Morgan fingerprint density at radius 1 is 1.32 bits per heavy atom. The molecular formula is C16H26IN3O2. The van der Waals surface area contributed by atoms with E-state index in [1.807, 2.05) is 24.3 Å².